The van der Waals surface area contributed by atoms with Crippen LogP contribution in [0.1, 0.15) is 24.0 Å². The van der Waals surface area contributed by atoms with E-state index in [0.717, 1.165) is 11.1 Å². The van der Waals surface area contributed by atoms with Crippen molar-refractivity contribution in [3.8, 4) is 0 Å². The zero-order valence-electron chi connectivity index (χ0n) is 12.5. The van der Waals surface area contributed by atoms with Crippen molar-refractivity contribution in [3.05, 3.63) is 29.3 Å². The number of ether oxygens (including phenoxy) is 2. The van der Waals surface area contributed by atoms with Crippen molar-refractivity contribution in [1.29, 1.82) is 0 Å². The number of benzene rings is 1. The maximum Gasteiger partial charge on any atom is 0.327 e. The van der Waals surface area contributed by atoms with Crippen molar-refractivity contribution in [1.82, 2.24) is 0 Å². The normalized spacial score (nSPS) is 18.2. The molecule has 0 atom stereocenters. The van der Waals surface area contributed by atoms with Crippen molar-refractivity contribution < 1.29 is 22.7 Å². The third-order valence-electron chi connectivity index (χ3n) is 4.16. The zero-order chi connectivity index (χ0) is 15.7. The SMILES string of the molecule is COC(=O)C1(S(=O)(=O)c2ccc(C)c(C)c2)CCOCC1. The van der Waals surface area contributed by atoms with E-state index in [4.69, 9.17) is 9.47 Å². The molecule has 5 nitrogen and oxygen atoms in total. The maximum absolute atomic E-state index is 13.0. The molecule has 1 fully saturated rings. The second-order valence-electron chi connectivity index (χ2n) is 5.35. The number of esters is 1. The molecule has 0 saturated carbocycles. The highest BCUT2D eigenvalue weighted by atomic mass is 32.2. The van der Waals surface area contributed by atoms with Crippen LogP contribution in [0.2, 0.25) is 0 Å². The standard InChI is InChI=1S/C15H20O5S/c1-11-4-5-13(10-12(11)2)21(17,18)15(14(16)19-3)6-8-20-9-7-15/h4-5,10H,6-9H2,1-3H3. The summed E-state index contributed by atoms with van der Waals surface area (Å²) in [7, 11) is -2.61. The monoisotopic (exact) mass is 312 g/mol. The fourth-order valence-corrected chi connectivity index (χ4v) is 4.61. The first-order valence-corrected chi connectivity index (χ1v) is 8.31. The number of hydrogen-bond acceptors (Lipinski definition) is 5. The van der Waals surface area contributed by atoms with Gasteiger partial charge >= 0.3 is 5.97 Å². The Morgan fingerprint density at radius 1 is 1.19 bits per heavy atom. The van der Waals surface area contributed by atoms with Gasteiger partial charge in [-0.25, -0.2) is 8.42 Å². The Kier molecular flexibility index (Phi) is 4.39. The fourth-order valence-electron chi connectivity index (χ4n) is 2.58. The number of methoxy groups -OCH3 is 1. The highest BCUT2D eigenvalue weighted by Gasteiger charge is 2.53. The van der Waals surface area contributed by atoms with Gasteiger partial charge in [-0.3, -0.25) is 4.79 Å². The van der Waals surface area contributed by atoms with Crippen LogP contribution in [0.4, 0.5) is 0 Å². The smallest absolute Gasteiger partial charge is 0.327 e. The molecule has 1 saturated heterocycles. The highest BCUT2D eigenvalue weighted by molar-refractivity contribution is 7.93. The molecular weight excluding hydrogens is 292 g/mol. The van der Waals surface area contributed by atoms with Gasteiger partial charge in [-0.2, -0.15) is 0 Å². The largest absolute Gasteiger partial charge is 0.468 e. The van der Waals surface area contributed by atoms with Crippen molar-refractivity contribution in [2.75, 3.05) is 20.3 Å². The Balaban J connectivity index is 2.56. The summed E-state index contributed by atoms with van der Waals surface area (Å²) in [6, 6.07) is 4.93. The van der Waals surface area contributed by atoms with Crippen LogP contribution in [0.5, 0.6) is 0 Å². The van der Waals surface area contributed by atoms with Gasteiger partial charge in [-0.1, -0.05) is 6.07 Å². The van der Waals surface area contributed by atoms with Crippen molar-refractivity contribution in [3.63, 3.8) is 0 Å². The molecule has 0 radical (unpaired) electrons. The first-order chi connectivity index (χ1) is 9.85. The first kappa shape index (κ1) is 16.0. The Morgan fingerprint density at radius 3 is 2.33 bits per heavy atom. The Morgan fingerprint density at radius 2 is 1.81 bits per heavy atom. The predicted octanol–water partition coefficient (Wildman–Crippen LogP) is 1.80. The number of rotatable bonds is 3. The number of hydrogen-bond donors (Lipinski definition) is 0. The topological polar surface area (TPSA) is 69.7 Å². The molecule has 6 heteroatoms. The van der Waals surface area contributed by atoms with Gasteiger partial charge in [-0.05, 0) is 37.1 Å². The lowest BCUT2D eigenvalue weighted by Crippen LogP contribution is -2.51. The van der Waals surface area contributed by atoms with Crippen LogP contribution in [0.15, 0.2) is 23.1 Å². The van der Waals surface area contributed by atoms with Gasteiger partial charge in [-0.15, -0.1) is 0 Å². The molecule has 0 aliphatic carbocycles. The molecule has 1 aliphatic rings. The summed E-state index contributed by atoms with van der Waals surface area (Å²) < 4.78 is 34.5. The molecule has 1 aromatic rings. The summed E-state index contributed by atoms with van der Waals surface area (Å²) in [6.45, 7) is 4.23. The molecule has 0 aromatic heterocycles. The minimum absolute atomic E-state index is 0.120. The fraction of sp³-hybridized carbons (Fsp3) is 0.533. The van der Waals surface area contributed by atoms with E-state index in [9.17, 15) is 13.2 Å². The lowest BCUT2D eigenvalue weighted by molar-refractivity contribution is -0.146. The third kappa shape index (κ3) is 2.58. The molecule has 2 rings (SSSR count). The van der Waals surface area contributed by atoms with Crippen LogP contribution in [0.3, 0.4) is 0 Å². The van der Waals surface area contributed by atoms with E-state index in [1.54, 1.807) is 18.2 Å². The molecule has 1 heterocycles. The number of sulfone groups is 1. The highest BCUT2D eigenvalue weighted by Crippen LogP contribution is 2.36. The summed E-state index contributed by atoms with van der Waals surface area (Å²) >= 11 is 0. The molecule has 1 aliphatic heterocycles. The van der Waals surface area contributed by atoms with Gasteiger partial charge in [0, 0.05) is 26.1 Å². The van der Waals surface area contributed by atoms with Crippen molar-refractivity contribution >= 4 is 15.8 Å². The summed E-state index contributed by atoms with van der Waals surface area (Å²) in [5, 5.41) is 0. The van der Waals surface area contributed by atoms with E-state index in [2.05, 4.69) is 0 Å². The van der Waals surface area contributed by atoms with Crippen LogP contribution in [0.25, 0.3) is 0 Å². The number of carbonyl (C=O) groups excluding carboxylic acids is 1. The zero-order valence-corrected chi connectivity index (χ0v) is 13.3. The van der Waals surface area contributed by atoms with Gasteiger partial charge in [0.1, 0.15) is 0 Å². The van der Waals surface area contributed by atoms with Crippen molar-refractivity contribution in [2.45, 2.75) is 36.3 Å². The van der Waals surface area contributed by atoms with E-state index in [0.29, 0.717) is 0 Å². The van der Waals surface area contributed by atoms with E-state index in [-0.39, 0.29) is 31.0 Å². The second-order valence-corrected chi connectivity index (χ2v) is 7.61. The van der Waals surface area contributed by atoms with Gasteiger partial charge in [0.25, 0.3) is 0 Å². The number of aryl methyl sites for hydroxylation is 2. The molecule has 0 amide bonds. The summed E-state index contributed by atoms with van der Waals surface area (Å²) in [5.74, 6) is -0.705. The Bertz CT molecular complexity index is 642. The molecule has 0 unspecified atom stereocenters. The minimum Gasteiger partial charge on any atom is -0.468 e. The van der Waals surface area contributed by atoms with Crippen LogP contribution in [0, 0.1) is 13.8 Å². The number of carbonyl (C=O) groups is 1. The average Bonchev–Trinajstić information content (AvgIpc) is 2.49. The van der Waals surface area contributed by atoms with Crippen LogP contribution in [-0.2, 0) is 24.1 Å². The van der Waals surface area contributed by atoms with Crippen LogP contribution in [-0.4, -0.2) is 39.5 Å². The van der Waals surface area contributed by atoms with E-state index >= 15 is 0 Å². The predicted molar refractivity (Wildman–Crippen MR) is 77.9 cm³/mol. The minimum atomic E-state index is -3.83. The lowest BCUT2D eigenvalue weighted by Gasteiger charge is -2.33. The molecule has 0 bridgehead atoms. The second kappa shape index (κ2) is 5.77. The molecular formula is C15H20O5S. The molecule has 21 heavy (non-hydrogen) atoms. The van der Waals surface area contributed by atoms with Gasteiger partial charge in [0.15, 0.2) is 14.6 Å². The Labute approximate surface area is 125 Å². The quantitative estimate of drug-likeness (QED) is 0.796. The summed E-state index contributed by atoms with van der Waals surface area (Å²) in [5.41, 5.74) is 1.89. The van der Waals surface area contributed by atoms with Crippen LogP contribution < -0.4 is 0 Å². The van der Waals surface area contributed by atoms with Crippen LogP contribution >= 0.6 is 0 Å². The first-order valence-electron chi connectivity index (χ1n) is 6.83. The van der Waals surface area contributed by atoms with Gasteiger partial charge in [0.05, 0.1) is 12.0 Å². The van der Waals surface area contributed by atoms with Crippen molar-refractivity contribution in [2.24, 2.45) is 0 Å². The van der Waals surface area contributed by atoms with E-state index in [1.807, 2.05) is 13.8 Å². The van der Waals surface area contributed by atoms with E-state index in [1.165, 1.54) is 7.11 Å². The lowest BCUT2D eigenvalue weighted by atomic mass is 9.99. The summed E-state index contributed by atoms with van der Waals surface area (Å²) in [4.78, 5) is 12.4. The Hall–Kier alpha value is -1.40. The molecule has 0 spiro atoms. The molecule has 116 valence electrons. The average molecular weight is 312 g/mol. The van der Waals surface area contributed by atoms with Gasteiger partial charge in [0.2, 0.25) is 0 Å². The van der Waals surface area contributed by atoms with E-state index < -0.39 is 20.6 Å². The molecule has 0 N–H and O–H groups in total. The van der Waals surface area contributed by atoms with Gasteiger partial charge < -0.3 is 9.47 Å². The third-order valence-corrected chi connectivity index (χ3v) is 6.64. The molecule has 1 aromatic carbocycles. The maximum atomic E-state index is 13.0. The summed E-state index contributed by atoms with van der Waals surface area (Å²) in [6.07, 6.45) is 0.240.